The van der Waals surface area contributed by atoms with Crippen molar-refractivity contribution in [2.45, 2.75) is 19.4 Å². The Hall–Kier alpha value is -0.830. The first-order valence-corrected chi connectivity index (χ1v) is 6.57. The summed E-state index contributed by atoms with van der Waals surface area (Å²) in [5, 5.41) is 2.82. The molecule has 0 aliphatic heterocycles. The van der Waals surface area contributed by atoms with E-state index in [1.54, 1.807) is 11.3 Å². The summed E-state index contributed by atoms with van der Waals surface area (Å²) >= 11 is 7.78. The number of hydrogen-bond acceptors (Lipinski definition) is 2. The van der Waals surface area contributed by atoms with Crippen molar-refractivity contribution < 1.29 is 0 Å². The second-order valence-corrected chi connectivity index (χ2v) is 5.06. The standard InChI is InChI=1S/C13H14ClNS/c1-2-12(15)9-4-3-5-10(8-9)13-11(14)6-7-16-13/h3-8,12H,2,15H2,1H3. The number of benzene rings is 1. The molecule has 2 aromatic rings. The molecule has 2 N–H and O–H groups in total. The van der Waals surface area contributed by atoms with E-state index in [1.807, 2.05) is 17.5 Å². The molecule has 0 fully saturated rings. The van der Waals surface area contributed by atoms with Crippen molar-refractivity contribution in [3.8, 4) is 10.4 Å². The highest BCUT2D eigenvalue weighted by Gasteiger charge is 2.08. The Kier molecular flexibility index (Phi) is 3.64. The molecule has 2 rings (SSSR count). The van der Waals surface area contributed by atoms with E-state index in [9.17, 15) is 0 Å². The molecule has 0 aliphatic carbocycles. The van der Waals surface area contributed by atoms with Gasteiger partial charge in [-0.2, -0.15) is 0 Å². The molecule has 0 amide bonds. The van der Waals surface area contributed by atoms with Crippen LogP contribution in [0.3, 0.4) is 0 Å². The maximum absolute atomic E-state index is 6.12. The van der Waals surface area contributed by atoms with Crippen LogP contribution in [-0.4, -0.2) is 0 Å². The number of nitrogens with two attached hydrogens (primary N) is 1. The second-order valence-electron chi connectivity index (χ2n) is 3.74. The Labute approximate surface area is 105 Å². The van der Waals surface area contributed by atoms with Crippen molar-refractivity contribution >= 4 is 22.9 Å². The van der Waals surface area contributed by atoms with Crippen LogP contribution < -0.4 is 5.73 Å². The Morgan fingerprint density at radius 2 is 2.19 bits per heavy atom. The van der Waals surface area contributed by atoms with Crippen LogP contribution in [0.4, 0.5) is 0 Å². The molecular formula is C13H14ClNS. The van der Waals surface area contributed by atoms with Crippen LogP contribution in [-0.2, 0) is 0 Å². The maximum Gasteiger partial charge on any atom is 0.0592 e. The van der Waals surface area contributed by atoms with Gasteiger partial charge in [0.15, 0.2) is 0 Å². The van der Waals surface area contributed by atoms with Gasteiger partial charge in [0.25, 0.3) is 0 Å². The van der Waals surface area contributed by atoms with Crippen LogP contribution in [0.15, 0.2) is 35.7 Å². The summed E-state index contributed by atoms with van der Waals surface area (Å²) in [6.45, 7) is 2.09. The largest absolute Gasteiger partial charge is 0.324 e. The zero-order valence-electron chi connectivity index (χ0n) is 9.11. The highest BCUT2D eigenvalue weighted by atomic mass is 35.5. The summed E-state index contributed by atoms with van der Waals surface area (Å²) in [5.74, 6) is 0. The van der Waals surface area contributed by atoms with Crippen molar-refractivity contribution in [2.75, 3.05) is 0 Å². The van der Waals surface area contributed by atoms with Gasteiger partial charge in [-0.3, -0.25) is 0 Å². The van der Waals surface area contributed by atoms with Gasteiger partial charge in [-0.1, -0.05) is 36.7 Å². The minimum atomic E-state index is 0.110. The number of thiophene rings is 1. The number of halogens is 1. The smallest absolute Gasteiger partial charge is 0.0592 e. The first-order valence-electron chi connectivity index (χ1n) is 5.31. The number of rotatable bonds is 3. The minimum Gasteiger partial charge on any atom is -0.324 e. The molecular weight excluding hydrogens is 238 g/mol. The van der Waals surface area contributed by atoms with Gasteiger partial charge >= 0.3 is 0 Å². The molecule has 16 heavy (non-hydrogen) atoms. The van der Waals surface area contributed by atoms with E-state index in [0.717, 1.165) is 21.9 Å². The summed E-state index contributed by atoms with van der Waals surface area (Å²) in [4.78, 5) is 1.12. The fraction of sp³-hybridized carbons (Fsp3) is 0.231. The molecule has 1 aromatic heterocycles. The highest BCUT2D eigenvalue weighted by molar-refractivity contribution is 7.14. The number of hydrogen-bond donors (Lipinski definition) is 1. The van der Waals surface area contributed by atoms with Crippen LogP contribution >= 0.6 is 22.9 Å². The Bertz CT molecular complexity index is 478. The van der Waals surface area contributed by atoms with Crippen molar-refractivity contribution in [3.05, 3.63) is 46.3 Å². The van der Waals surface area contributed by atoms with Gasteiger partial charge < -0.3 is 5.73 Å². The Morgan fingerprint density at radius 1 is 1.38 bits per heavy atom. The summed E-state index contributed by atoms with van der Waals surface area (Å²) in [6.07, 6.45) is 0.946. The van der Waals surface area contributed by atoms with E-state index < -0.39 is 0 Å². The third kappa shape index (κ3) is 2.29. The van der Waals surface area contributed by atoms with Gasteiger partial charge in [0.1, 0.15) is 0 Å². The van der Waals surface area contributed by atoms with Crippen LogP contribution in [0, 0.1) is 0 Å². The quantitative estimate of drug-likeness (QED) is 0.855. The first-order chi connectivity index (χ1) is 7.72. The molecule has 0 radical (unpaired) electrons. The molecule has 84 valence electrons. The van der Waals surface area contributed by atoms with Crippen LogP contribution in [0.2, 0.25) is 5.02 Å². The zero-order valence-corrected chi connectivity index (χ0v) is 10.7. The second kappa shape index (κ2) is 5.00. The molecule has 0 aliphatic rings. The average Bonchev–Trinajstić information content (AvgIpc) is 2.74. The molecule has 1 atom stereocenters. The van der Waals surface area contributed by atoms with Crippen molar-refractivity contribution in [1.82, 2.24) is 0 Å². The predicted octanol–water partition coefficient (Wildman–Crippen LogP) is 4.48. The molecule has 0 bridgehead atoms. The normalized spacial score (nSPS) is 12.7. The summed E-state index contributed by atoms with van der Waals surface area (Å²) < 4.78 is 0. The van der Waals surface area contributed by atoms with Gasteiger partial charge in [0.2, 0.25) is 0 Å². The summed E-state index contributed by atoms with van der Waals surface area (Å²) in [7, 11) is 0. The van der Waals surface area contributed by atoms with Crippen molar-refractivity contribution in [3.63, 3.8) is 0 Å². The van der Waals surface area contributed by atoms with E-state index in [-0.39, 0.29) is 6.04 Å². The lowest BCUT2D eigenvalue weighted by Crippen LogP contribution is -2.08. The molecule has 0 saturated carbocycles. The SMILES string of the molecule is CCC(N)c1cccc(-c2sccc2Cl)c1. The summed E-state index contributed by atoms with van der Waals surface area (Å²) in [5.41, 5.74) is 8.35. The lowest BCUT2D eigenvalue weighted by atomic mass is 10.0. The van der Waals surface area contributed by atoms with Gasteiger partial charge in [0, 0.05) is 6.04 Å². The van der Waals surface area contributed by atoms with E-state index in [1.165, 1.54) is 5.56 Å². The first kappa shape index (κ1) is 11.6. The van der Waals surface area contributed by atoms with E-state index in [0.29, 0.717) is 0 Å². The monoisotopic (exact) mass is 251 g/mol. The fourth-order valence-corrected chi connectivity index (χ4v) is 2.81. The van der Waals surface area contributed by atoms with Crippen LogP contribution in [0.1, 0.15) is 24.9 Å². The maximum atomic E-state index is 6.12. The Morgan fingerprint density at radius 3 is 2.81 bits per heavy atom. The molecule has 0 spiro atoms. The lowest BCUT2D eigenvalue weighted by Gasteiger charge is -2.10. The Balaban J connectivity index is 2.40. The highest BCUT2D eigenvalue weighted by Crippen LogP contribution is 2.34. The third-order valence-corrected chi connectivity index (χ3v) is 4.02. The predicted molar refractivity (Wildman–Crippen MR) is 72.0 cm³/mol. The summed E-state index contributed by atoms with van der Waals surface area (Å²) in [6, 6.07) is 10.3. The molecule has 1 nitrogen and oxygen atoms in total. The molecule has 1 unspecified atom stereocenters. The lowest BCUT2D eigenvalue weighted by molar-refractivity contribution is 0.699. The minimum absolute atomic E-state index is 0.110. The van der Waals surface area contributed by atoms with Crippen molar-refractivity contribution in [1.29, 1.82) is 0 Å². The fourth-order valence-electron chi connectivity index (χ4n) is 1.65. The van der Waals surface area contributed by atoms with E-state index in [2.05, 4.69) is 25.1 Å². The molecule has 0 saturated heterocycles. The van der Waals surface area contributed by atoms with E-state index in [4.69, 9.17) is 17.3 Å². The van der Waals surface area contributed by atoms with Crippen molar-refractivity contribution in [2.24, 2.45) is 5.73 Å². The van der Waals surface area contributed by atoms with Crippen LogP contribution in [0.5, 0.6) is 0 Å². The van der Waals surface area contributed by atoms with Crippen LogP contribution in [0.25, 0.3) is 10.4 Å². The van der Waals surface area contributed by atoms with Gasteiger partial charge in [-0.25, -0.2) is 0 Å². The molecule has 1 aromatic carbocycles. The third-order valence-electron chi connectivity index (χ3n) is 2.63. The van der Waals surface area contributed by atoms with E-state index >= 15 is 0 Å². The van der Waals surface area contributed by atoms with Gasteiger partial charge in [-0.05, 0) is 35.1 Å². The van der Waals surface area contributed by atoms with Gasteiger partial charge in [0.05, 0.1) is 9.90 Å². The average molecular weight is 252 g/mol. The topological polar surface area (TPSA) is 26.0 Å². The molecule has 1 heterocycles. The van der Waals surface area contributed by atoms with Gasteiger partial charge in [-0.15, -0.1) is 11.3 Å². The molecule has 3 heteroatoms. The zero-order chi connectivity index (χ0) is 11.5.